The van der Waals surface area contributed by atoms with E-state index in [9.17, 15) is 9.90 Å². The van der Waals surface area contributed by atoms with E-state index in [-0.39, 0.29) is 12.2 Å². The molecule has 0 radical (unpaired) electrons. The summed E-state index contributed by atoms with van der Waals surface area (Å²) in [6.07, 6.45) is 4.24. The van der Waals surface area contributed by atoms with Crippen LogP contribution in [0.2, 0.25) is 0 Å². The van der Waals surface area contributed by atoms with Crippen molar-refractivity contribution in [3.05, 3.63) is 69.6 Å². The molecule has 0 aliphatic heterocycles. The zero-order valence-electron chi connectivity index (χ0n) is 16.3. The highest BCUT2D eigenvalue weighted by atomic mass is 32.1. The maximum atomic E-state index is 12.6. The Morgan fingerprint density at radius 2 is 2.17 bits per heavy atom. The number of fused-ring (bicyclic) bond motifs is 3. The quantitative estimate of drug-likeness (QED) is 0.530. The van der Waals surface area contributed by atoms with Crippen LogP contribution in [-0.4, -0.2) is 45.8 Å². The molecule has 2 heterocycles. The van der Waals surface area contributed by atoms with Gasteiger partial charge in [-0.1, -0.05) is 24.3 Å². The number of hydrogen-bond donors (Lipinski definition) is 2. The van der Waals surface area contributed by atoms with Gasteiger partial charge in [-0.25, -0.2) is 4.98 Å². The molecule has 3 aromatic rings. The molecule has 0 bridgehead atoms. The maximum absolute atomic E-state index is 12.6. The fraction of sp³-hybridized carbons (Fsp3) is 0.364. The number of aromatic amines is 1. The van der Waals surface area contributed by atoms with Crippen molar-refractivity contribution in [2.45, 2.75) is 31.9 Å². The van der Waals surface area contributed by atoms with E-state index in [0.717, 1.165) is 35.2 Å². The van der Waals surface area contributed by atoms with Gasteiger partial charge in [0.1, 0.15) is 29.1 Å². The Kier molecular flexibility index (Phi) is 6.08. The van der Waals surface area contributed by atoms with E-state index in [2.05, 4.69) is 11.6 Å². The number of aliphatic hydroxyl groups excluding tert-OH is 1. The van der Waals surface area contributed by atoms with Gasteiger partial charge in [0, 0.05) is 18.0 Å². The molecule has 4 rings (SSSR count). The number of aryl methyl sites for hydroxylation is 2. The normalized spacial score (nSPS) is 14.3. The first-order valence-electron chi connectivity index (χ1n) is 9.86. The number of para-hydroxylation sites is 1. The Hall–Kier alpha value is -2.48. The van der Waals surface area contributed by atoms with Crippen molar-refractivity contribution >= 4 is 21.6 Å². The van der Waals surface area contributed by atoms with Crippen molar-refractivity contribution in [3.8, 4) is 5.75 Å². The van der Waals surface area contributed by atoms with Crippen LogP contribution in [0.4, 0.5) is 0 Å². The molecule has 0 saturated heterocycles. The molecule has 2 aromatic heterocycles. The minimum atomic E-state index is -0.670. The summed E-state index contributed by atoms with van der Waals surface area (Å²) in [6.45, 7) is 5.39. The number of H-pyrrole nitrogens is 1. The molecule has 29 heavy (non-hydrogen) atoms. The van der Waals surface area contributed by atoms with Crippen LogP contribution < -0.4 is 10.3 Å². The van der Waals surface area contributed by atoms with Crippen LogP contribution in [-0.2, 0) is 19.4 Å². The Morgan fingerprint density at radius 1 is 1.34 bits per heavy atom. The number of hydrogen-bond acceptors (Lipinski definition) is 6. The molecule has 1 atom stereocenters. The van der Waals surface area contributed by atoms with E-state index in [1.165, 1.54) is 10.4 Å². The topological polar surface area (TPSA) is 78.5 Å². The highest BCUT2D eigenvalue weighted by molar-refractivity contribution is 7.18. The van der Waals surface area contributed by atoms with Crippen LogP contribution in [0.1, 0.15) is 22.7 Å². The molecular formula is C22H25N3O3S. The summed E-state index contributed by atoms with van der Waals surface area (Å²) in [6, 6.07) is 9.42. The molecule has 152 valence electrons. The van der Waals surface area contributed by atoms with Crippen LogP contribution >= 0.6 is 11.3 Å². The maximum Gasteiger partial charge on any atom is 0.259 e. The first kappa shape index (κ1) is 19.8. The van der Waals surface area contributed by atoms with Gasteiger partial charge in [0.25, 0.3) is 5.56 Å². The predicted octanol–water partition coefficient (Wildman–Crippen LogP) is 2.90. The monoisotopic (exact) mass is 411 g/mol. The largest absolute Gasteiger partial charge is 0.491 e. The highest BCUT2D eigenvalue weighted by Crippen LogP contribution is 2.34. The second kappa shape index (κ2) is 8.90. The van der Waals surface area contributed by atoms with Gasteiger partial charge in [0.2, 0.25) is 0 Å². The number of ether oxygens (including phenoxy) is 1. The van der Waals surface area contributed by atoms with Crippen molar-refractivity contribution in [2.75, 3.05) is 19.7 Å². The summed E-state index contributed by atoms with van der Waals surface area (Å²) >= 11 is 1.64. The molecule has 6 nitrogen and oxygen atoms in total. The number of aromatic nitrogens is 2. The van der Waals surface area contributed by atoms with Crippen molar-refractivity contribution in [1.29, 1.82) is 0 Å². The third-order valence-electron chi connectivity index (χ3n) is 5.04. The number of aliphatic hydroxyl groups is 1. The molecular weight excluding hydrogens is 386 g/mol. The van der Waals surface area contributed by atoms with Crippen LogP contribution in [0.5, 0.6) is 5.75 Å². The number of benzene rings is 1. The number of thiophene rings is 1. The smallest absolute Gasteiger partial charge is 0.259 e. The lowest BCUT2D eigenvalue weighted by atomic mass is 10.2. The lowest BCUT2D eigenvalue weighted by molar-refractivity contribution is 0.0689. The minimum absolute atomic E-state index is 0.0593. The van der Waals surface area contributed by atoms with Crippen molar-refractivity contribution in [3.63, 3.8) is 0 Å². The Bertz CT molecular complexity index is 1040. The van der Waals surface area contributed by atoms with E-state index in [0.29, 0.717) is 25.5 Å². The molecule has 1 aromatic carbocycles. The molecule has 7 heteroatoms. The van der Waals surface area contributed by atoms with Gasteiger partial charge in [-0.05, 0) is 37.0 Å². The van der Waals surface area contributed by atoms with E-state index >= 15 is 0 Å². The van der Waals surface area contributed by atoms with E-state index in [1.54, 1.807) is 17.4 Å². The SMILES string of the molecule is C=CCN(Cc1nc2sc3c(c2c(=O)[nH]1)CCC3)C[C@@H](O)COc1ccccc1. The Morgan fingerprint density at radius 3 is 2.97 bits per heavy atom. The summed E-state index contributed by atoms with van der Waals surface area (Å²) in [5, 5.41) is 11.2. The second-order valence-corrected chi connectivity index (χ2v) is 8.39. The van der Waals surface area contributed by atoms with E-state index in [1.807, 2.05) is 35.2 Å². The van der Waals surface area contributed by atoms with E-state index < -0.39 is 6.10 Å². The van der Waals surface area contributed by atoms with Gasteiger partial charge >= 0.3 is 0 Å². The van der Waals surface area contributed by atoms with Gasteiger partial charge in [0.15, 0.2) is 0 Å². The summed E-state index contributed by atoms with van der Waals surface area (Å²) in [4.78, 5) is 24.4. The van der Waals surface area contributed by atoms with Gasteiger partial charge in [0.05, 0.1) is 11.9 Å². The fourth-order valence-corrected chi connectivity index (χ4v) is 5.06. The molecule has 2 N–H and O–H groups in total. The molecule has 0 amide bonds. The summed E-state index contributed by atoms with van der Waals surface area (Å²) < 4.78 is 5.63. The predicted molar refractivity (Wildman–Crippen MR) is 116 cm³/mol. The Labute approximate surface area is 173 Å². The third kappa shape index (κ3) is 4.58. The summed E-state index contributed by atoms with van der Waals surface area (Å²) in [7, 11) is 0. The average molecular weight is 412 g/mol. The first-order valence-corrected chi connectivity index (χ1v) is 10.7. The van der Waals surface area contributed by atoms with E-state index in [4.69, 9.17) is 9.72 Å². The summed E-state index contributed by atoms with van der Waals surface area (Å²) in [5.41, 5.74) is 1.12. The zero-order chi connectivity index (χ0) is 20.2. The lowest BCUT2D eigenvalue weighted by Crippen LogP contribution is -2.36. The lowest BCUT2D eigenvalue weighted by Gasteiger charge is -2.23. The second-order valence-electron chi connectivity index (χ2n) is 7.31. The zero-order valence-corrected chi connectivity index (χ0v) is 17.1. The third-order valence-corrected chi connectivity index (χ3v) is 6.23. The average Bonchev–Trinajstić information content (AvgIpc) is 3.28. The molecule has 0 saturated carbocycles. The highest BCUT2D eigenvalue weighted by Gasteiger charge is 2.21. The minimum Gasteiger partial charge on any atom is -0.491 e. The van der Waals surface area contributed by atoms with Crippen LogP contribution in [0.3, 0.4) is 0 Å². The number of rotatable bonds is 9. The van der Waals surface area contributed by atoms with Gasteiger partial charge < -0.3 is 14.8 Å². The van der Waals surface area contributed by atoms with Crippen LogP contribution in [0.25, 0.3) is 10.2 Å². The molecule has 1 aliphatic carbocycles. The number of nitrogens with zero attached hydrogens (tertiary/aromatic N) is 2. The van der Waals surface area contributed by atoms with Crippen molar-refractivity contribution in [1.82, 2.24) is 14.9 Å². The van der Waals surface area contributed by atoms with Crippen molar-refractivity contribution < 1.29 is 9.84 Å². The van der Waals surface area contributed by atoms with Crippen molar-refractivity contribution in [2.24, 2.45) is 0 Å². The standard InChI is InChI=1S/C22H25N3O3S/c1-2-11-25(12-15(26)14-28-16-7-4-3-5-8-16)13-19-23-21(27)20-17-9-6-10-18(17)29-22(20)24-19/h2-5,7-8,15,26H,1,6,9-14H2,(H,23,24,27)/t15-/m1/s1. The molecule has 1 aliphatic rings. The molecule has 0 fully saturated rings. The van der Waals surface area contributed by atoms with Crippen LogP contribution in [0.15, 0.2) is 47.8 Å². The van der Waals surface area contributed by atoms with Gasteiger partial charge in [-0.2, -0.15) is 0 Å². The number of nitrogens with one attached hydrogen (secondary N) is 1. The molecule has 0 spiro atoms. The molecule has 0 unspecified atom stereocenters. The summed E-state index contributed by atoms with van der Waals surface area (Å²) in [5.74, 6) is 1.34. The van der Waals surface area contributed by atoms with Gasteiger partial charge in [-0.15, -0.1) is 17.9 Å². The Balaban J connectivity index is 1.43. The fourth-order valence-electron chi connectivity index (χ4n) is 3.78. The first-order chi connectivity index (χ1) is 14.1. The van der Waals surface area contributed by atoms with Crippen LogP contribution in [0, 0.1) is 0 Å². The van der Waals surface area contributed by atoms with Gasteiger partial charge in [-0.3, -0.25) is 9.69 Å².